The van der Waals surface area contributed by atoms with Crippen molar-refractivity contribution in [1.29, 1.82) is 5.26 Å². The third-order valence-electron chi connectivity index (χ3n) is 3.01. The number of H-pyrrole nitrogens is 1. The molecular formula is C14H10N6OS. The van der Waals surface area contributed by atoms with Crippen molar-refractivity contribution in [1.82, 2.24) is 25.1 Å². The van der Waals surface area contributed by atoms with Crippen LogP contribution in [0, 0.1) is 18.3 Å². The average Bonchev–Trinajstić information content (AvgIpc) is 3.18. The lowest BCUT2D eigenvalue weighted by atomic mass is 9.99. The van der Waals surface area contributed by atoms with Gasteiger partial charge in [0.2, 0.25) is 0 Å². The summed E-state index contributed by atoms with van der Waals surface area (Å²) >= 11 is 1.19. The fourth-order valence-electron chi connectivity index (χ4n) is 1.97. The van der Waals surface area contributed by atoms with Crippen LogP contribution >= 0.6 is 11.3 Å². The van der Waals surface area contributed by atoms with Gasteiger partial charge in [-0.05, 0) is 19.1 Å². The summed E-state index contributed by atoms with van der Waals surface area (Å²) in [6.45, 7) is 1.73. The van der Waals surface area contributed by atoms with Gasteiger partial charge in [-0.2, -0.15) is 10.4 Å². The number of nitrogens with one attached hydrogen (secondary N) is 1. The molecule has 0 saturated heterocycles. The molecule has 0 amide bonds. The molecule has 0 saturated carbocycles. The Morgan fingerprint density at radius 3 is 2.91 bits per heavy atom. The van der Waals surface area contributed by atoms with Gasteiger partial charge in [0.25, 0.3) is 0 Å². The van der Waals surface area contributed by atoms with Gasteiger partial charge >= 0.3 is 0 Å². The van der Waals surface area contributed by atoms with Gasteiger partial charge in [-0.1, -0.05) is 6.07 Å². The van der Waals surface area contributed by atoms with Gasteiger partial charge in [-0.15, -0.1) is 11.3 Å². The summed E-state index contributed by atoms with van der Waals surface area (Å²) in [5.74, 6) is -0.747. The molecule has 3 rings (SSSR count). The van der Waals surface area contributed by atoms with Crippen LogP contribution in [-0.2, 0) is 0 Å². The molecule has 3 heterocycles. The molecule has 0 aliphatic carbocycles. The fraction of sp³-hybridized carbons (Fsp3) is 0.143. The SMILES string of the molecule is Cc1nc(-c2ncn[nH]2)sc1C(=O)[C@@H](C#N)c1ccccn1. The predicted octanol–water partition coefficient (Wildman–Crippen LogP) is 2.12. The Labute approximate surface area is 129 Å². The highest BCUT2D eigenvalue weighted by atomic mass is 32.1. The number of Topliss-reactive ketones (excluding diaryl/α,β-unsaturated/α-hetero) is 1. The van der Waals surface area contributed by atoms with Gasteiger partial charge in [0.1, 0.15) is 6.33 Å². The Morgan fingerprint density at radius 1 is 1.41 bits per heavy atom. The fourth-order valence-corrected chi connectivity index (χ4v) is 2.95. The van der Waals surface area contributed by atoms with Gasteiger partial charge in [0, 0.05) is 6.20 Å². The lowest BCUT2D eigenvalue weighted by Gasteiger charge is -2.05. The minimum Gasteiger partial charge on any atom is -0.291 e. The number of hydrogen-bond acceptors (Lipinski definition) is 7. The highest BCUT2D eigenvalue weighted by Gasteiger charge is 2.27. The van der Waals surface area contributed by atoms with Crippen molar-refractivity contribution in [2.45, 2.75) is 12.8 Å². The third-order valence-corrected chi connectivity index (χ3v) is 4.19. The van der Waals surface area contributed by atoms with Gasteiger partial charge < -0.3 is 0 Å². The van der Waals surface area contributed by atoms with Crippen LogP contribution in [0.15, 0.2) is 30.7 Å². The number of ketones is 1. The van der Waals surface area contributed by atoms with Gasteiger partial charge in [-0.25, -0.2) is 9.97 Å². The molecule has 0 aromatic carbocycles. The molecule has 108 valence electrons. The van der Waals surface area contributed by atoms with Crippen LogP contribution in [0.2, 0.25) is 0 Å². The third kappa shape index (κ3) is 2.49. The Morgan fingerprint density at radius 2 is 2.27 bits per heavy atom. The molecule has 8 heteroatoms. The van der Waals surface area contributed by atoms with Crippen molar-refractivity contribution in [3.63, 3.8) is 0 Å². The Kier molecular flexibility index (Phi) is 3.72. The molecule has 1 atom stereocenters. The number of nitrogens with zero attached hydrogens (tertiary/aromatic N) is 5. The number of thiazole rings is 1. The first-order valence-electron chi connectivity index (χ1n) is 6.38. The second kappa shape index (κ2) is 5.83. The van der Waals surface area contributed by atoms with Crippen molar-refractivity contribution in [2.24, 2.45) is 0 Å². The molecule has 7 nitrogen and oxygen atoms in total. The van der Waals surface area contributed by atoms with E-state index in [-0.39, 0.29) is 5.78 Å². The molecule has 0 unspecified atom stereocenters. The smallest absolute Gasteiger partial charge is 0.197 e. The minimum atomic E-state index is -0.942. The summed E-state index contributed by atoms with van der Waals surface area (Å²) in [5.41, 5.74) is 1.00. The van der Waals surface area contributed by atoms with Crippen molar-refractivity contribution in [3.8, 4) is 16.9 Å². The second-order valence-corrected chi connectivity index (χ2v) is 5.45. The van der Waals surface area contributed by atoms with E-state index in [1.165, 1.54) is 17.7 Å². The summed E-state index contributed by atoms with van der Waals surface area (Å²) in [6.07, 6.45) is 2.94. The lowest BCUT2D eigenvalue weighted by Crippen LogP contribution is -2.12. The van der Waals surface area contributed by atoms with Crippen molar-refractivity contribution >= 4 is 17.1 Å². The van der Waals surface area contributed by atoms with E-state index >= 15 is 0 Å². The lowest BCUT2D eigenvalue weighted by molar-refractivity contribution is 0.0980. The summed E-state index contributed by atoms with van der Waals surface area (Å²) in [7, 11) is 0. The van der Waals surface area contributed by atoms with Crippen molar-refractivity contribution < 1.29 is 4.79 Å². The number of pyridine rings is 1. The molecule has 0 fully saturated rings. The van der Waals surface area contributed by atoms with Crippen LogP contribution in [-0.4, -0.2) is 30.9 Å². The molecule has 0 aliphatic heterocycles. The average molecular weight is 310 g/mol. The Hall–Kier alpha value is -2.92. The quantitative estimate of drug-likeness (QED) is 0.739. The van der Waals surface area contributed by atoms with Crippen LogP contribution in [0.1, 0.15) is 27.0 Å². The molecule has 1 N–H and O–H groups in total. The first-order valence-corrected chi connectivity index (χ1v) is 7.20. The molecule has 0 spiro atoms. The standard InChI is InChI=1S/C14H10N6OS/c1-8-12(22-14(19-8)13-17-7-18-20-13)11(21)9(6-15)10-4-2-3-5-16-10/h2-5,7,9H,1H3,(H,17,18,20)/t9-/m0/s1. The first-order chi connectivity index (χ1) is 10.7. The van der Waals surface area contributed by atoms with E-state index in [0.29, 0.717) is 27.1 Å². The number of nitriles is 1. The number of aromatic nitrogens is 5. The number of carbonyl (C=O) groups excluding carboxylic acids is 1. The number of hydrogen-bond donors (Lipinski definition) is 1. The maximum Gasteiger partial charge on any atom is 0.197 e. The van der Waals surface area contributed by atoms with Crippen LogP contribution in [0.3, 0.4) is 0 Å². The number of carbonyl (C=O) groups is 1. The molecule has 0 radical (unpaired) electrons. The highest BCUT2D eigenvalue weighted by Crippen LogP contribution is 2.29. The van der Waals surface area contributed by atoms with Gasteiger partial charge in [0.15, 0.2) is 22.5 Å². The summed E-state index contributed by atoms with van der Waals surface area (Å²) < 4.78 is 0. The topological polar surface area (TPSA) is 108 Å². The molecule has 22 heavy (non-hydrogen) atoms. The van der Waals surface area contributed by atoms with Crippen LogP contribution in [0.5, 0.6) is 0 Å². The molecule has 0 bridgehead atoms. The van der Waals surface area contributed by atoms with Crippen LogP contribution < -0.4 is 0 Å². The van der Waals surface area contributed by atoms with E-state index in [1.807, 2.05) is 6.07 Å². The van der Waals surface area contributed by atoms with E-state index in [2.05, 4.69) is 25.1 Å². The highest BCUT2D eigenvalue weighted by molar-refractivity contribution is 7.17. The zero-order valence-electron chi connectivity index (χ0n) is 11.5. The Bertz CT molecular complexity index is 834. The second-order valence-electron chi connectivity index (χ2n) is 4.45. The van der Waals surface area contributed by atoms with Gasteiger partial charge in [0.05, 0.1) is 22.3 Å². The normalized spacial score (nSPS) is 11.8. The van der Waals surface area contributed by atoms with E-state index in [1.54, 1.807) is 31.3 Å². The maximum atomic E-state index is 12.6. The summed E-state index contributed by atoms with van der Waals surface area (Å²) in [6, 6.07) is 7.17. The van der Waals surface area contributed by atoms with E-state index in [4.69, 9.17) is 0 Å². The molecular weight excluding hydrogens is 300 g/mol. The monoisotopic (exact) mass is 310 g/mol. The van der Waals surface area contributed by atoms with Crippen molar-refractivity contribution in [3.05, 3.63) is 47.0 Å². The van der Waals surface area contributed by atoms with Gasteiger partial charge in [-0.3, -0.25) is 14.9 Å². The number of rotatable bonds is 4. The molecule has 0 aliphatic rings. The zero-order chi connectivity index (χ0) is 15.5. The number of aryl methyl sites for hydroxylation is 1. The van der Waals surface area contributed by atoms with E-state index in [9.17, 15) is 10.1 Å². The predicted molar refractivity (Wildman–Crippen MR) is 79.1 cm³/mol. The van der Waals surface area contributed by atoms with Crippen LogP contribution in [0.4, 0.5) is 0 Å². The minimum absolute atomic E-state index is 0.304. The van der Waals surface area contributed by atoms with Crippen LogP contribution in [0.25, 0.3) is 10.8 Å². The first kappa shape index (κ1) is 14.0. The Balaban J connectivity index is 1.97. The largest absolute Gasteiger partial charge is 0.291 e. The zero-order valence-corrected chi connectivity index (χ0v) is 12.3. The number of aromatic amines is 1. The maximum absolute atomic E-state index is 12.6. The van der Waals surface area contributed by atoms with Crippen molar-refractivity contribution in [2.75, 3.05) is 0 Å². The molecule has 3 aromatic heterocycles. The summed E-state index contributed by atoms with van der Waals surface area (Å²) in [5, 5.41) is 16.4. The molecule has 3 aromatic rings. The summed E-state index contributed by atoms with van der Waals surface area (Å²) in [4.78, 5) is 25.5. The van der Waals surface area contributed by atoms with E-state index in [0.717, 1.165) is 0 Å². The van der Waals surface area contributed by atoms with E-state index < -0.39 is 5.92 Å².